The van der Waals surface area contributed by atoms with Crippen molar-refractivity contribution < 1.29 is 10.0 Å². The minimum absolute atomic E-state index is 0.510. The van der Waals surface area contributed by atoms with Crippen molar-refractivity contribution in [1.29, 1.82) is 0 Å². The van der Waals surface area contributed by atoms with E-state index in [4.69, 9.17) is 10.0 Å². The van der Waals surface area contributed by atoms with Crippen LogP contribution in [-0.4, -0.2) is 26.9 Å². The van der Waals surface area contributed by atoms with Crippen LogP contribution in [-0.2, 0) is 6.54 Å². The van der Waals surface area contributed by atoms with Gasteiger partial charge in [-0.25, -0.2) is 0 Å². The molecule has 5 heteroatoms. The summed E-state index contributed by atoms with van der Waals surface area (Å²) in [5.74, 6) is 0. The number of aromatic nitrogens is 2. The molecule has 0 amide bonds. The van der Waals surface area contributed by atoms with E-state index in [1.54, 1.807) is 18.3 Å². The van der Waals surface area contributed by atoms with Crippen LogP contribution in [0.15, 0.2) is 30.5 Å². The van der Waals surface area contributed by atoms with Crippen LogP contribution < -0.4 is 5.46 Å². The number of hydrogen-bond acceptors (Lipinski definition) is 3. The highest BCUT2D eigenvalue weighted by Gasteiger charge is 2.12. The Kier molecular flexibility index (Phi) is 3.31. The molecule has 2 aromatic rings. The van der Waals surface area contributed by atoms with Gasteiger partial charge in [0, 0.05) is 11.9 Å². The summed E-state index contributed by atoms with van der Waals surface area (Å²) in [6.07, 6.45) is 1.76. The molecule has 88 valence electrons. The number of aryl methyl sites for hydroxylation is 2. The van der Waals surface area contributed by atoms with Crippen molar-refractivity contribution in [2.45, 2.75) is 20.4 Å². The Balaban J connectivity index is 2.32. The van der Waals surface area contributed by atoms with Crippen molar-refractivity contribution >= 4 is 12.6 Å². The number of hydrogen-bond donors (Lipinski definition) is 2. The molecule has 17 heavy (non-hydrogen) atoms. The fraction of sp³-hybridized carbons (Fsp3) is 0.250. The highest BCUT2D eigenvalue weighted by molar-refractivity contribution is 6.58. The second-order valence-corrected chi connectivity index (χ2v) is 4.19. The summed E-state index contributed by atoms with van der Waals surface area (Å²) in [6.45, 7) is 4.64. The lowest BCUT2D eigenvalue weighted by molar-refractivity contribution is 0.425. The van der Waals surface area contributed by atoms with Gasteiger partial charge in [0.15, 0.2) is 0 Å². The lowest BCUT2D eigenvalue weighted by Gasteiger charge is -2.10. The molecule has 1 heterocycles. The molecule has 0 bridgehead atoms. The third-order valence-electron chi connectivity index (χ3n) is 2.92. The molecule has 1 aromatic carbocycles. The van der Waals surface area contributed by atoms with Crippen LogP contribution in [0.1, 0.15) is 16.8 Å². The van der Waals surface area contributed by atoms with Crippen LogP contribution in [0, 0.1) is 13.8 Å². The monoisotopic (exact) mass is 230 g/mol. The third kappa shape index (κ3) is 2.57. The SMILES string of the molecule is Cc1ccc(B(O)O)cc1Cn1nccc1C. The average molecular weight is 230 g/mol. The molecule has 0 spiro atoms. The molecule has 2 N–H and O–H groups in total. The topological polar surface area (TPSA) is 58.3 Å². The summed E-state index contributed by atoms with van der Waals surface area (Å²) >= 11 is 0. The standard InChI is InChI=1S/C12H15BN2O2/c1-9-3-4-12(13(16)17)7-11(9)8-15-10(2)5-6-14-15/h3-7,16-17H,8H2,1-2H3. The van der Waals surface area contributed by atoms with Gasteiger partial charge in [0.1, 0.15) is 0 Å². The maximum atomic E-state index is 9.15. The molecular weight excluding hydrogens is 215 g/mol. The highest BCUT2D eigenvalue weighted by atomic mass is 16.4. The van der Waals surface area contributed by atoms with Crippen molar-refractivity contribution in [3.63, 3.8) is 0 Å². The minimum Gasteiger partial charge on any atom is -0.423 e. The van der Waals surface area contributed by atoms with Gasteiger partial charge in [-0.15, -0.1) is 0 Å². The second-order valence-electron chi connectivity index (χ2n) is 4.19. The predicted octanol–water partition coefficient (Wildman–Crippen LogP) is 0.228. The van der Waals surface area contributed by atoms with Gasteiger partial charge < -0.3 is 10.0 Å². The van der Waals surface area contributed by atoms with Gasteiger partial charge in [0.2, 0.25) is 0 Å². The molecule has 0 radical (unpaired) electrons. The van der Waals surface area contributed by atoms with Crippen LogP contribution in [0.2, 0.25) is 0 Å². The first-order chi connectivity index (χ1) is 8.08. The largest absolute Gasteiger partial charge is 0.488 e. The summed E-state index contributed by atoms with van der Waals surface area (Å²) in [5, 5.41) is 22.5. The van der Waals surface area contributed by atoms with Gasteiger partial charge in [0.05, 0.1) is 6.54 Å². The van der Waals surface area contributed by atoms with E-state index >= 15 is 0 Å². The highest BCUT2D eigenvalue weighted by Crippen LogP contribution is 2.09. The molecule has 2 rings (SSSR count). The predicted molar refractivity (Wildman–Crippen MR) is 67.1 cm³/mol. The van der Waals surface area contributed by atoms with Gasteiger partial charge >= 0.3 is 7.12 Å². The molecule has 0 aliphatic heterocycles. The molecule has 0 saturated heterocycles. The average Bonchev–Trinajstić information content (AvgIpc) is 2.67. The number of rotatable bonds is 3. The maximum Gasteiger partial charge on any atom is 0.488 e. The Bertz CT molecular complexity index is 523. The van der Waals surface area contributed by atoms with Gasteiger partial charge in [-0.05, 0) is 36.5 Å². The Morgan fingerprint density at radius 3 is 2.59 bits per heavy atom. The molecule has 0 atom stereocenters. The fourth-order valence-electron chi connectivity index (χ4n) is 1.75. The molecule has 4 nitrogen and oxygen atoms in total. The molecule has 0 unspecified atom stereocenters. The zero-order valence-corrected chi connectivity index (χ0v) is 9.96. The quantitative estimate of drug-likeness (QED) is 0.742. The Morgan fingerprint density at radius 1 is 1.24 bits per heavy atom. The van der Waals surface area contributed by atoms with E-state index in [2.05, 4.69) is 5.10 Å². The molecule has 0 fully saturated rings. The lowest BCUT2D eigenvalue weighted by Crippen LogP contribution is -2.30. The van der Waals surface area contributed by atoms with Crippen LogP contribution in [0.25, 0.3) is 0 Å². The van der Waals surface area contributed by atoms with Crippen molar-refractivity contribution in [3.05, 3.63) is 47.3 Å². The summed E-state index contributed by atoms with van der Waals surface area (Å²) in [4.78, 5) is 0. The van der Waals surface area contributed by atoms with Gasteiger partial charge in [-0.2, -0.15) is 5.10 Å². The van der Waals surface area contributed by atoms with E-state index in [1.165, 1.54) is 0 Å². The Morgan fingerprint density at radius 2 is 2.00 bits per heavy atom. The van der Waals surface area contributed by atoms with Crippen LogP contribution in [0.3, 0.4) is 0 Å². The maximum absolute atomic E-state index is 9.15. The van der Waals surface area contributed by atoms with Gasteiger partial charge in [0.25, 0.3) is 0 Å². The minimum atomic E-state index is -1.42. The van der Waals surface area contributed by atoms with E-state index in [0.717, 1.165) is 16.8 Å². The zero-order chi connectivity index (χ0) is 12.4. The first-order valence-corrected chi connectivity index (χ1v) is 5.52. The molecular formula is C12H15BN2O2. The van der Waals surface area contributed by atoms with Gasteiger partial charge in [-0.3, -0.25) is 4.68 Å². The van der Waals surface area contributed by atoms with E-state index in [1.807, 2.05) is 30.7 Å². The molecule has 0 aliphatic carbocycles. The Labute approximate surface area is 101 Å². The van der Waals surface area contributed by atoms with E-state index < -0.39 is 7.12 Å². The molecule has 1 aromatic heterocycles. The normalized spacial score (nSPS) is 10.6. The van der Waals surface area contributed by atoms with Crippen molar-refractivity contribution in [2.24, 2.45) is 0 Å². The van der Waals surface area contributed by atoms with Crippen LogP contribution >= 0.6 is 0 Å². The summed E-state index contributed by atoms with van der Waals surface area (Å²) < 4.78 is 1.88. The first kappa shape index (κ1) is 11.9. The van der Waals surface area contributed by atoms with Crippen molar-refractivity contribution in [2.75, 3.05) is 0 Å². The fourth-order valence-corrected chi connectivity index (χ4v) is 1.75. The van der Waals surface area contributed by atoms with E-state index in [-0.39, 0.29) is 0 Å². The van der Waals surface area contributed by atoms with Crippen LogP contribution in [0.4, 0.5) is 0 Å². The summed E-state index contributed by atoms with van der Waals surface area (Å²) in [5.41, 5.74) is 3.75. The number of nitrogens with zero attached hydrogens (tertiary/aromatic N) is 2. The van der Waals surface area contributed by atoms with Crippen LogP contribution in [0.5, 0.6) is 0 Å². The summed E-state index contributed by atoms with van der Waals surface area (Å²) in [7, 11) is -1.42. The number of benzene rings is 1. The third-order valence-corrected chi connectivity index (χ3v) is 2.92. The van der Waals surface area contributed by atoms with E-state index in [9.17, 15) is 0 Å². The van der Waals surface area contributed by atoms with Crippen molar-refractivity contribution in [1.82, 2.24) is 9.78 Å². The van der Waals surface area contributed by atoms with Crippen molar-refractivity contribution in [3.8, 4) is 0 Å². The zero-order valence-electron chi connectivity index (χ0n) is 9.96. The van der Waals surface area contributed by atoms with E-state index in [0.29, 0.717) is 12.0 Å². The second kappa shape index (κ2) is 4.73. The Hall–Kier alpha value is -1.59. The molecule has 0 saturated carbocycles. The lowest BCUT2D eigenvalue weighted by atomic mass is 9.79. The first-order valence-electron chi connectivity index (χ1n) is 5.52. The van der Waals surface area contributed by atoms with Gasteiger partial charge in [-0.1, -0.05) is 18.2 Å². The smallest absolute Gasteiger partial charge is 0.423 e. The molecule has 0 aliphatic rings. The summed E-state index contributed by atoms with van der Waals surface area (Å²) in [6, 6.07) is 7.36.